The Morgan fingerprint density at radius 3 is 2.68 bits per heavy atom. The van der Waals surface area contributed by atoms with E-state index in [4.69, 9.17) is 9.47 Å². The van der Waals surface area contributed by atoms with E-state index in [1.165, 1.54) is 0 Å². The number of carbonyl (C=O) groups is 1. The summed E-state index contributed by atoms with van der Waals surface area (Å²) in [5.41, 5.74) is 1.13. The van der Waals surface area contributed by atoms with E-state index in [2.05, 4.69) is 24.1 Å². The van der Waals surface area contributed by atoms with Gasteiger partial charge < -0.3 is 19.1 Å². The molecule has 1 aliphatic rings. The molecule has 28 heavy (non-hydrogen) atoms. The Kier molecular flexibility index (Phi) is 4.73. The van der Waals surface area contributed by atoms with E-state index in [9.17, 15) is 9.90 Å². The summed E-state index contributed by atoms with van der Waals surface area (Å²) in [5.74, 6) is 0.866. The van der Waals surface area contributed by atoms with Gasteiger partial charge in [0.1, 0.15) is 6.61 Å². The van der Waals surface area contributed by atoms with E-state index in [-0.39, 0.29) is 18.2 Å². The third-order valence-electron chi connectivity index (χ3n) is 4.50. The zero-order valence-corrected chi connectivity index (χ0v) is 15.7. The van der Waals surface area contributed by atoms with Gasteiger partial charge in [-0.25, -0.2) is 0 Å². The summed E-state index contributed by atoms with van der Waals surface area (Å²) in [7, 11) is 0. The topological polar surface area (TPSA) is 85.4 Å². The fourth-order valence-corrected chi connectivity index (χ4v) is 3.23. The summed E-state index contributed by atoms with van der Waals surface area (Å²) in [6, 6.07) is 14.7. The van der Waals surface area contributed by atoms with Gasteiger partial charge in [0.25, 0.3) is 0 Å². The number of aromatic hydroxyl groups is 1. The second-order valence-electron chi connectivity index (χ2n) is 7.10. The molecule has 1 N–H and O–H groups in total. The number of amides is 1. The van der Waals surface area contributed by atoms with E-state index in [0.717, 1.165) is 10.9 Å². The lowest BCUT2D eigenvalue weighted by Crippen LogP contribution is -2.35. The predicted octanol–water partition coefficient (Wildman–Crippen LogP) is 4.45. The van der Waals surface area contributed by atoms with Crippen molar-refractivity contribution in [3.8, 4) is 17.4 Å². The van der Waals surface area contributed by atoms with Crippen LogP contribution in [0.3, 0.4) is 0 Å². The second kappa shape index (κ2) is 7.34. The molecule has 1 amide bonds. The number of aromatic nitrogens is 1. The number of hydrogen-bond acceptors (Lipinski definition) is 5. The highest BCUT2D eigenvalue weighted by Gasteiger charge is 2.27. The van der Waals surface area contributed by atoms with Gasteiger partial charge in [-0.05, 0) is 24.1 Å². The lowest BCUT2D eigenvalue weighted by Gasteiger charge is -2.23. The molecule has 2 aromatic carbocycles. The molecule has 3 aromatic rings. The number of ether oxygens (including phenoxy) is 2. The van der Waals surface area contributed by atoms with Crippen molar-refractivity contribution in [2.45, 2.75) is 26.5 Å². The van der Waals surface area contributed by atoms with Crippen LogP contribution < -0.4 is 9.47 Å². The van der Waals surface area contributed by atoms with Gasteiger partial charge in [0, 0.05) is 11.9 Å². The van der Waals surface area contributed by atoms with Gasteiger partial charge in [-0.15, -0.1) is 10.2 Å². The van der Waals surface area contributed by atoms with Crippen molar-refractivity contribution < 1.29 is 19.4 Å². The maximum atomic E-state index is 12.5. The molecule has 0 aliphatic carbocycles. The molecule has 0 radical (unpaired) electrons. The number of carbonyl (C=O) groups excluding carboxylic acids is 1. The SMILES string of the molecule is CC(C)Cn1c(O)c(N=NC(=O)[C@H]2COc3ccccc3O2)c2ccccc21. The van der Waals surface area contributed by atoms with Crippen molar-refractivity contribution in [2.75, 3.05) is 6.61 Å². The molecule has 1 aromatic heterocycles. The number of nitrogens with zero attached hydrogens (tertiary/aromatic N) is 3. The molecule has 0 bridgehead atoms. The Balaban J connectivity index is 1.61. The lowest BCUT2D eigenvalue weighted by atomic mass is 10.2. The van der Waals surface area contributed by atoms with E-state index < -0.39 is 12.0 Å². The monoisotopic (exact) mass is 379 g/mol. The highest BCUT2D eigenvalue weighted by molar-refractivity contribution is 5.95. The summed E-state index contributed by atoms with van der Waals surface area (Å²) in [4.78, 5) is 12.5. The number of azo groups is 1. The maximum Gasteiger partial charge on any atom is 0.308 e. The third kappa shape index (κ3) is 3.31. The third-order valence-corrected chi connectivity index (χ3v) is 4.50. The maximum absolute atomic E-state index is 12.5. The number of fused-ring (bicyclic) bond motifs is 2. The minimum absolute atomic E-state index is 0.00221. The average Bonchev–Trinajstić information content (AvgIpc) is 2.96. The van der Waals surface area contributed by atoms with E-state index in [0.29, 0.717) is 24.0 Å². The molecule has 0 unspecified atom stereocenters. The quantitative estimate of drug-likeness (QED) is 0.679. The van der Waals surface area contributed by atoms with Crippen LogP contribution in [0.1, 0.15) is 13.8 Å². The van der Waals surface area contributed by atoms with Gasteiger partial charge in [0.15, 0.2) is 17.2 Å². The van der Waals surface area contributed by atoms with Crippen LogP contribution >= 0.6 is 0 Å². The van der Waals surface area contributed by atoms with Gasteiger partial charge in [0.05, 0.1) is 5.52 Å². The van der Waals surface area contributed by atoms with Crippen LogP contribution in [0.25, 0.3) is 10.9 Å². The van der Waals surface area contributed by atoms with Gasteiger partial charge in [-0.1, -0.05) is 44.2 Å². The van der Waals surface area contributed by atoms with Gasteiger partial charge in [0.2, 0.25) is 12.0 Å². The Labute approximate surface area is 162 Å². The van der Waals surface area contributed by atoms with Gasteiger partial charge in [-0.2, -0.15) is 0 Å². The summed E-state index contributed by atoms with van der Waals surface area (Å²) in [5, 5.41) is 19.3. The predicted molar refractivity (Wildman–Crippen MR) is 104 cm³/mol. The first-order valence-corrected chi connectivity index (χ1v) is 9.19. The standard InChI is InChI=1S/C21H21N3O4/c1-13(2)11-24-15-8-4-3-7-14(15)19(21(24)26)22-23-20(25)18-12-27-16-9-5-6-10-17(16)28-18/h3-10,13,18,26H,11-12H2,1-2H3/t18-/m1/s1. The summed E-state index contributed by atoms with van der Waals surface area (Å²) < 4.78 is 13.0. The molecule has 7 nitrogen and oxygen atoms in total. The van der Waals surface area contributed by atoms with E-state index in [1.54, 1.807) is 22.8 Å². The highest BCUT2D eigenvalue weighted by Crippen LogP contribution is 2.39. The van der Waals surface area contributed by atoms with Crippen molar-refractivity contribution in [1.82, 2.24) is 4.57 Å². The molecule has 0 spiro atoms. The fourth-order valence-electron chi connectivity index (χ4n) is 3.23. The van der Waals surface area contributed by atoms with Gasteiger partial charge in [-0.3, -0.25) is 4.79 Å². The Bertz CT molecular complexity index is 1050. The van der Waals surface area contributed by atoms with Crippen molar-refractivity contribution in [2.24, 2.45) is 16.1 Å². The summed E-state index contributed by atoms with van der Waals surface area (Å²) in [6.45, 7) is 4.83. The van der Waals surface area contributed by atoms with Crippen LogP contribution in [-0.4, -0.2) is 28.3 Å². The Morgan fingerprint density at radius 1 is 1.18 bits per heavy atom. The van der Waals surface area contributed by atoms with Crippen molar-refractivity contribution in [3.63, 3.8) is 0 Å². The minimum atomic E-state index is -0.871. The summed E-state index contributed by atoms with van der Waals surface area (Å²) >= 11 is 0. The van der Waals surface area contributed by atoms with Crippen LogP contribution in [0.5, 0.6) is 17.4 Å². The first kappa shape index (κ1) is 18.0. The first-order chi connectivity index (χ1) is 13.5. The van der Waals surface area contributed by atoms with E-state index >= 15 is 0 Å². The fraction of sp³-hybridized carbons (Fsp3) is 0.286. The first-order valence-electron chi connectivity index (χ1n) is 9.19. The van der Waals surface area contributed by atoms with E-state index in [1.807, 2.05) is 30.3 Å². The molecular weight excluding hydrogens is 358 g/mol. The smallest absolute Gasteiger partial charge is 0.308 e. The average molecular weight is 379 g/mol. The van der Waals surface area contributed by atoms with Gasteiger partial charge >= 0.3 is 5.91 Å². The molecule has 144 valence electrons. The number of para-hydroxylation sites is 3. The molecule has 7 heteroatoms. The largest absolute Gasteiger partial charge is 0.493 e. The molecule has 1 aliphatic heterocycles. The molecule has 1 atom stereocenters. The van der Waals surface area contributed by atoms with Crippen molar-refractivity contribution >= 4 is 22.5 Å². The van der Waals surface area contributed by atoms with Crippen molar-refractivity contribution in [3.05, 3.63) is 48.5 Å². The normalized spacial score (nSPS) is 16.2. The molecule has 0 fully saturated rings. The van der Waals surface area contributed by atoms with Crippen molar-refractivity contribution in [1.29, 1.82) is 0 Å². The lowest BCUT2D eigenvalue weighted by molar-refractivity contribution is -0.127. The van der Waals surface area contributed by atoms with Crippen LogP contribution in [0.4, 0.5) is 5.69 Å². The number of hydrogen-bond donors (Lipinski definition) is 1. The second-order valence-corrected chi connectivity index (χ2v) is 7.10. The Hall–Kier alpha value is -3.35. The van der Waals surface area contributed by atoms with Crippen LogP contribution in [-0.2, 0) is 11.3 Å². The number of benzene rings is 2. The zero-order chi connectivity index (χ0) is 19.7. The minimum Gasteiger partial charge on any atom is -0.493 e. The van der Waals surface area contributed by atoms with Crippen LogP contribution in [0, 0.1) is 5.92 Å². The summed E-state index contributed by atoms with van der Waals surface area (Å²) in [6.07, 6.45) is -0.871. The molecular formula is C21H21N3O4. The van der Waals surface area contributed by atoms with Crippen LogP contribution in [0.15, 0.2) is 58.8 Å². The molecule has 4 rings (SSSR count). The highest BCUT2D eigenvalue weighted by atomic mass is 16.6. The number of rotatable bonds is 4. The molecule has 0 saturated carbocycles. The molecule has 0 saturated heterocycles. The Morgan fingerprint density at radius 2 is 1.89 bits per heavy atom. The van der Waals surface area contributed by atoms with Crippen LogP contribution in [0.2, 0.25) is 0 Å². The molecule has 2 heterocycles. The zero-order valence-electron chi connectivity index (χ0n) is 15.7.